The Labute approximate surface area is 140 Å². The first-order valence-corrected chi connectivity index (χ1v) is 8.99. The minimum atomic E-state index is 0.711. The Balaban J connectivity index is 1.23. The average Bonchev–Trinajstić information content (AvgIpc) is 2.97. The highest BCUT2D eigenvalue weighted by atomic mass is 32.1. The van der Waals surface area contributed by atoms with Crippen LogP contribution in [0.5, 0.6) is 0 Å². The van der Waals surface area contributed by atoms with E-state index in [1.54, 1.807) is 0 Å². The van der Waals surface area contributed by atoms with Crippen LogP contribution in [0.3, 0.4) is 0 Å². The molecule has 122 valence electrons. The highest BCUT2D eigenvalue weighted by molar-refractivity contribution is 7.11. The zero-order chi connectivity index (χ0) is 15.6. The third kappa shape index (κ3) is 3.36. The standard InChI is InChI=1S/C16H22N6S/c1-13-19-9-15(23-13)12-20-10-14(11-20)21-5-7-22(8-6-21)16-17-3-2-4-18-16/h2-4,9,14H,5-8,10-12H2,1H3. The summed E-state index contributed by atoms with van der Waals surface area (Å²) in [7, 11) is 0. The lowest BCUT2D eigenvalue weighted by atomic mass is 10.1. The van der Waals surface area contributed by atoms with Crippen molar-refractivity contribution in [3.05, 3.63) is 34.5 Å². The maximum Gasteiger partial charge on any atom is 0.225 e. The van der Waals surface area contributed by atoms with Gasteiger partial charge in [0.15, 0.2) is 0 Å². The predicted octanol–water partition coefficient (Wildman–Crippen LogP) is 1.25. The van der Waals surface area contributed by atoms with E-state index in [0.29, 0.717) is 6.04 Å². The largest absolute Gasteiger partial charge is 0.338 e. The molecule has 2 fully saturated rings. The molecule has 0 spiro atoms. The zero-order valence-electron chi connectivity index (χ0n) is 13.4. The number of aryl methyl sites for hydroxylation is 1. The van der Waals surface area contributed by atoms with E-state index >= 15 is 0 Å². The van der Waals surface area contributed by atoms with Crippen LogP contribution >= 0.6 is 11.3 Å². The summed E-state index contributed by atoms with van der Waals surface area (Å²) < 4.78 is 0. The molecule has 4 heterocycles. The molecule has 2 aliphatic heterocycles. The van der Waals surface area contributed by atoms with Crippen LogP contribution in [0.1, 0.15) is 9.88 Å². The van der Waals surface area contributed by atoms with Crippen LogP contribution in [-0.2, 0) is 6.54 Å². The number of aromatic nitrogens is 3. The van der Waals surface area contributed by atoms with Gasteiger partial charge in [0.2, 0.25) is 5.95 Å². The monoisotopic (exact) mass is 330 g/mol. The lowest BCUT2D eigenvalue weighted by Gasteiger charge is -2.48. The van der Waals surface area contributed by atoms with E-state index in [-0.39, 0.29) is 0 Å². The molecule has 4 rings (SSSR count). The van der Waals surface area contributed by atoms with Crippen LogP contribution < -0.4 is 4.90 Å². The van der Waals surface area contributed by atoms with Gasteiger partial charge >= 0.3 is 0 Å². The van der Waals surface area contributed by atoms with Gasteiger partial charge in [-0.3, -0.25) is 9.80 Å². The van der Waals surface area contributed by atoms with Gasteiger partial charge in [0, 0.05) is 75.3 Å². The molecular weight excluding hydrogens is 308 g/mol. The first-order valence-electron chi connectivity index (χ1n) is 8.17. The van der Waals surface area contributed by atoms with Gasteiger partial charge in [-0.1, -0.05) is 0 Å². The number of likely N-dealkylation sites (tertiary alicyclic amines) is 1. The Kier molecular flexibility index (Phi) is 4.24. The van der Waals surface area contributed by atoms with Gasteiger partial charge in [-0.05, 0) is 13.0 Å². The van der Waals surface area contributed by atoms with Crippen molar-refractivity contribution < 1.29 is 0 Å². The first-order chi connectivity index (χ1) is 11.3. The fourth-order valence-electron chi connectivity index (χ4n) is 3.34. The Morgan fingerprint density at radius 2 is 1.83 bits per heavy atom. The molecule has 0 atom stereocenters. The minimum absolute atomic E-state index is 0.711. The molecule has 23 heavy (non-hydrogen) atoms. The summed E-state index contributed by atoms with van der Waals surface area (Å²) in [4.78, 5) is 21.8. The number of rotatable bonds is 4. The summed E-state index contributed by atoms with van der Waals surface area (Å²) in [6, 6.07) is 2.58. The first kappa shape index (κ1) is 15.0. The number of nitrogens with zero attached hydrogens (tertiary/aromatic N) is 6. The summed E-state index contributed by atoms with van der Waals surface area (Å²) in [6.45, 7) is 9.75. The smallest absolute Gasteiger partial charge is 0.225 e. The third-order valence-electron chi connectivity index (χ3n) is 4.65. The molecule has 2 saturated heterocycles. The molecule has 7 heteroatoms. The second-order valence-corrected chi connectivity index (χ2v) is 7.58. The van der Waals surface area contributed by atoms with Gasteiger partial charge in [-0.25, -0.2) is 15.0 Å². The maximum atomic E-state index is 4.35. The van der Waals surface area contributed by atoms with Crippen molar-refractivity contribution in [1.82, 2.24) is 24.8 Å². The van der Waals surface area contributed by atoms with Gasteiger partial charge in [-0.15, -0.1) is 11.3 Å². The lowest BCUT2D eigenvalue weighted by molar-refractivity contribution is 0.0261. The Morgan fingerprint density at radius 3 is 2.48 bits per heavy atom. The fraction of sp³-hybridized carbons (Fsp3) is 0.562. The number of hydrogen-bond donors (Lipinski definition) is 0. The molecule has 0 amide bonds. The maximum absolute atomic E-state index is 4.35. The van der Waals surface area contributed by atoms with Gasteiger partial charge < -0.3 is 4.90 Å². The van der Waals surface area contributed by atoms with Crippen LogP contribution in [0.25, 0.3) is 0 Å². The van der Waals surface area contributed by atoms with Crippen molar-refractivity contribution in [1.29, 1.82) is 0 Å². The highest BCUT2D eigenvalue weighted by Crippen LogP contribution is 2.22. The van der Waals surface area contributed by atoms with Gasteiger partial charge in [-0.2, -0.15) is 0 Å². The molecule has 0 bridgehead atoms. The SMILES string of the molecule is Cc1ncc(CN2CC(N3CCN(c4ncccn4)CC3)C2)s1. The van der Waals surface area contributed by atoms with E-state index < -0.39 is 0 Å². The van der Waals surface area contributed by atoms with Gasteiger partial charge in [0.25, 0.3) is 0 Å². The van der Waals surface area contributed by atoms with Crippen LogP contribution in [-0.4, -0.2) is 70.1 Å². The van der Waals surface area contributed by atoms with Crippen molar-refractivity contribution in [3.63, 3.8) is 0 Å². The molecule has 2 aromatic heterocycles. The normalized spacial score (nSPS) is 20.7. The van der Waals surface area contributed by atoms with Crippen molar-refractivity contribution in [3.8, 4) is 0 Å². The second-order valence-electron chi connectivity index (χ2n) is 6.27. The molecule has 0 aliphatic carbocycles. The van der Waals surface area contributed by atoms with E-state index in [9.17, 15) is 0 Å². The Bertz CT molecular complexity index is 631. The topological polar surface area (TPSA) is 48.4 Å². The van der Waals surface area contributed by atoms with Crippen LogP contribution in [0, 0.1) is 6.92 Å². The molecule has 0 radical (unpaired) electrons. The van der Waals surface area contributed by atoms with Crippen molar-refractivity contribution in [2.45, 2.75) is 19.5 Å². The van der Waals surface area contributed by atoms with Crippen molar-refractivity contribution in [2.24, 2.45) is 0 Å². The van der Waals surface area contributed by atoms with Gasteiger partial charge in [0.05, 0.1) is 5.01 Å². The van der Waals surface area contributed by atoms with Crippen LogP contribution in [0.15, 0.2) is 24.7 Å². The third-order valence-corrected chi connectivity index (χ3v) is 5.55. The number of anilines is 1. The number of thiazole rings is 1. The number of hydrogen-bond acceptors (Lipinski definition) is 7. The molecule has 6 nitrogen and oxygen atoms in total. The lowest BCUT2D eigenvalue weighted by Crippen LogP contribution is -2.62. The van der Waals surface area contributed by atoms with Crippen LogP contribution in [0.4, 0.5) is 5.95 Å². The summed E-state index contributed by atoms with van der Waals surface area (Å²) >= 11 is 1.81. The quantitative estimate of drug-likeness (QED) is 0.841. The van der Waals surface area contributed by atoms with E-state index in [1.807, 2.05) is 36.0 Å². The molecular formula is C16H22N6S. The molecule has 2 aliphatic rings. The predicted molar refractivity (Wildman–Crippen MR) is 91.7 cm³/mol. The molecule has 2 aromatic rings. The molecule has 0 aromatic carbocycles. The summed E-state index contributed by atoms with van der Waals surface area (Å²) in [5, 5.41) is 1.16. The summed E-state index contributed by atoms with van der Waals surface area (Å²) in [5.74, 6) is 0.864. The average molecular weight is 330 g/mol. The number of piperazine rings is 1. The van der Waals surface area contributed by atoms with Crippen molar-refractivity contribution >= 4 is 17.3 Å². The van der Waals surface area contributed by atoms with E-state index in [4.69, 9.17) is 0 Å². The van der Waals surface area contributed by atoms with E-state index in [0.717, 1.165) is 43.7 Å². The molecule has 0 saturated carbocycles. The minimum Gasteiger partial charge on any atom is -0.338 e. The van der Waals surface area contributed by atoms with E-state index in [1.165, 1.54) is 18.0 Å². The van der Waals surface area contributed by atoms with Crippen LogP contribution in [0.2, 0.25) is 0 Å². The van der Waals surface area contributed by atoms with Crippen molar-refractivity contribution in [2.75, 3.05) is 44.2 Å². The highest BCUT2D eigenvalue weighted by Gasteiger charge is 2.33. The second kappa shape index (κ2) is 6.51. The molecule has 0 unspecified atom stereocenters. The van der Waals surface area contributed by atoms with E-state index in [2.05, 4.69) is 36.6 Å². The Hall–Kier alpha value is -1.57. The summed E-state index contributed by atoms with van der Waals surface area (Å²) in [6.07, 6.45) is 5.66. The Morgan fingerprint density at radius 1 is 1.09 bits per heavy atom. The zero-order valence-corrected chi connectivity index (χ0v) is 14.2. The van der Waals surface area contributed by atoms with Gasteiger partial charge in [0.1, 0.15) is 0 Å². The molecule has 0 N–H and O–H groups in total. The fourth-order valence-corrected chi connectivity index (χ4v) is 4.18. The summed E-state index contributed by atoms with van der Waals surface area (Å²) in [5.41, 5.74) is 0.